The van der Waals surface area contributed by atoms with Gasteiger partial charge in [-0.2, -0.15) is 0 Å². The number of aromatic carboxylic acids is 1. The summed E-state index contributed by atoms with van der Waals surface area (Å²) in [5, 5.41) is 20.3. The minimum Gasteiger partial charge on any atom is -0.478 e. The van der Waals surface area contributed by atoms with Crippen molar-refractivity contribution >= 4 is 17.6 Å². The molecule has 0 bridgehead atoms. The highest BCUT2D eigenvalue weighted by atomic mass is 35.5. The number of benzene rings is 2. The normalized spacial score (nSPS) is 17.4. The fourth-order valence-corrected chi connectivity index (χ4v) is 3.55. The first-order chi connectivity index (χ1) is 12.0. The molecule has 4 nitrogen and oxygen atoms in total. The van der Waals surface area contributed by atoms with E-state index >= 15 is 0 Å². The third kappa shape index (κ3) is 4.60. The predicted molar refractivity (Wildman–Crippen MR) is 97.8 cm³/mol. The summed E-state index contributed by atoms with van der Waals surface area (Å²) >= 11 is 5.90. The second kappa shape index (κ2) is 8.00. The molecule has 1 heterocycles. The Morgan fingerprint density at radius 2 is 1.84 bits per heavy atom. The van der Waals surface area contributed by atoms with Crippen molar-refractivity contribution < 1.29 is 15.0 Å². The first-order valence-corrected chi connectivity index (χ1v) is 8.89. The molecule has 0 amide bonds. The molecule has 132 valence electrons. The molecule has 1 saturated heterocycles. The van der Waals surface area contributed by atoms with E-state index in [0.29, 0.717) is 10.6 Å². The van der Waals surface area contributed by atoms with Crippen LogP contribution >= 0.6 is 11.6 Å². The lowest BCUT2D eigenvalue weighted by atomic mass is 9.87. The molecule has 0 saturated carbocycles. The molecule has 0 spiro atoms. The molecule has 2 N–H and O–H groups in total. The lowest BCUT2D eigenvalue weighted by Crippen LogP contribution is -2.35. The van der Waals surface area contributed by atoms with Crippen molar-refractivity contribution in [3.8, 4) is 0 Å². The van der Waals surface area contributed by atoms with E-state index in [2.05, 4.69) is 4.90 Å². The molecule has 25 heavy (non-hydrogen) atoms. The summed E-state index contributed by atoms with van der Waals surface area (Å²) in [5.41, 5.74) is 2.25. The van der Waals surface area contributed by atoms with Gasteiger partial charge in [0.05, 0.1) is 11.7 Å². The van der Waals surface area contributed by atoms with Gasteiger partial charge in [-0.15, -0.1) is 0 Å². The zero-order valence-electron chi connectivity index (χ0n) is 13.9. The SMILES string of the molecule is O=C(O)c1cccc(CN2CCC(C(O)c3ccc(Cl)cc3)CC2)c1. The van der Waals surface area contributed by atoms with Crippen LogP contribution < -0.4 is 0 Å². The molecule has 1 atom stereocenters. The van der Waals surface area contributed by atoms with Gasteiger partial charge in [0, 0.05) is 11.6 Å². The van der Waals surface area contributed by atoms with Gasteiger partial charge in [-0.05, 0) is 67.2 Å². The first-order valence-electron chi connectivity index (χ1n) is 8.51. The summed E-state index contributed by atoms with van der Waals surface area (Å²) in [7, 11) is 0. The van der Waals surface area contributed by atoms with E-state index in [1.807, 2.05) is 30.3 Å². The average molecular weight is 360 g/mol. The van der Waals surface area contributed by atoms with E-state index in [4.69, 9.17) is 16.7 Å². The zero-order valence-corrected chi connectivity index (χ0v) is 14.7. The van der Waals surface area contributed by atoms with Crippen molar-refractivity contribution in [3.05, 3.63) is 70.2 Å². The predicted octanol–water partition coefficient (Wildman–Crippen LogP) is 3.98. The van der Waals surface area contributed by atoms with Crippen LogP contribution in [0.4, 0.5) is 0 Å². The number of hydrogen-bond donors (Lipinski definition) is 2. The first kappa shape index (κ1) is 17.9. The van der Waals surface area contributed by atoms with Crippen LogP contribution in [0.3, 0.4) is 0 Å². The Labute approximate surface area is 152 Å². The minimum absolute atomic E-state index is 0.239. The fourth-order valence-electron chi connectivity index (χ4n) is 3.42. The molecule has 2 aromatic rings. The molecule has 1 unspecified atom stereocenters. The smallest absolute Gasteiger partial charge is 0.335 e. The van der Waals surface area contributed by atoms with Gasteiger partial charge in [-0.25, -0.2) is 4.79 Å². The monoisotopic (exact) mass is 359 g/mol. The van der Waals surface area contributed by atoms with Gasteiger partial charge < -0.3 is 10.2 Å². The zero-order chi connectivity index (χ0) is 17.8. The molecule has 1 aliphatic heterocycles. The van der Waals surface area contributed by atoms with Crippen LogP contribution in [0.1, 0.15) is 40.4 Å². The van der Waals surface area contributed by atoms with Gasteiger partial charge in [0.1, 0.15) is 0 Å². The largest absolute Gasteiger partial charge is 0.478 e. The van der Waals surface area contributed by atoms with Crippen LogP contribution in [-0.4, -0.2) is 34.2 Å². The Kier molecular flexibility index (Phi) is 5.74. The second-order valence-corrected chi connectivity index (χ2v) is 7.05. The number of likely N-dealkylation sites (tertiary alicyclic amines) is 1. The van der Waals surface area contributed by atoms with E-state index in [1.54, 1.807) is 18.2 Å². The molecular formula is C20H22ClNO3. The van der Waals surface area contributed by atoms with Crippen LogP contribution in [0.25, 0.3) is 0 Å². The van der Waals surface area contributed by atoms with Crippen LogP contribution in [0.15, 0.2) is 48.5 Å². The van der Waals surface area contributed by atoms with Gasteiger partial charge in [0.25, 0.3) is 0 Å². The van der Waals surface area contributed by atoms with Gasteiger partial charge in [-0.1, -0.05) is 35.9 Å². The maximum Gasteiger partial charge on any atom is 0.335 e. The van der Waals surface area contributed by atoms with Gasteiger partial charge in [0.2, 0.25) is 0 Å². The standard InChI is InChI=1S/C20H22ClNO3/c21-18-6-4-15(5-7-18)19(23)16-8-10-22(11-9-16)13-14-2-1-3-17(12-14)20(24)25/h1-7,12,16,19,23H,8-11,13H2,(H,24,25). The van der Waals surface area contributed by atoms with E-state index in [0.717, 1.165) is 43.6 Å². The molecule has 0 aliphatic carbocycles. The number of rotatable bonds is 5. The number of piperidine rings is 1. The molecule has 0 aromatic heterocycles. The fraction of sp³-hybridized carbons (Fsp3) is 0.350. The summed E-state index contributed by atoms with van der Waals surface area (Å²) in [5.74, 6) is -0.658. The summed E-state index contributed by atoms with van der Waals surface area (Å²) in [6, 6.07) is 14.5. The van der Waals surface area contributed by atoms with Crippen LogP contribution in [0.2, 0.25) is 5.02 Å². The molecular weight excluding hydrogens is 338 g/mol. The summed E-state index contributed by atoms with van der Waals surface area (Å²) in [6.45, 7) is 2.53. The number of nitrogens with zero attached hydrogens (tertiary/aromatic N) is 1. The molecule has 5 heteroatoms. The third-order valence-corrected chi connectivity index (χ3v) is 5.12. The number of carbonyl (C=O) groups is 1. The van der Waals surface area contributed by atoms with Crippen LogP contribution in [0.5, 0.6) is 0 Å². The number of halogens is 1. The van der Waals surface area contributed by atoms with Crippen molar-refractivity contribution in [2.75, 3.05) is 13.1 Å². The highest BCUT2D eigenvalue weighted by Crippen LogP contribution is 2.31. The van der Waals surface area contributed by atoms with Crippen LogP contribution in [-0.2, 0) is 6.54 Å². The molecule has 3 rings (SSSR count). The van der Waals surface area contributed by atoms with Crippen molar-refractivity contribution in [1.82, 2.24) is 4.90 Å². The van der Waals surface area contributed by atoms with Gasteiger partial charge >= 0.3 is 5.97 Å². The minimum atomic E-state index is -0.897. The van der Waals surface area contributed by atoms with E-state index in [1.165, 1.54) is 0 Å². The lowest BCUT2D eigenvalue weighted by Gasteiger charge is -2.34. The average Bonchev–Trinajstić information content (AvgIpc) is 2.63. The van der Waals surface area contributed by atoms with Gasteiger partial charge in [0.15, 0.2) is 0 Å². The molecule has 2 aromatic carbocycles. The topological polar surface area (TPSA) is 60.8 Å². The number of hydrogen-bond acceptors (Lipinski definition) is 3. The maximum absolute atomic E-state index is 11.1. The summed E-state index contributed by atoms with van der Waals surface area (Å²) in [4.78, 5) is 13.4. The highest BCUT2D eigenvalue weighted by Gasteiger charge is 2.26. The Morgan fingerprint density at radius 3 is 2.48 bits per heavy atom. The highest BCUT2D eigenvalue weighted by molar-refractivity contribution is 6.30. The van der Waals surface area contributed by atoms with Crippen LogP contribution in [0, 0.1) is 5.92 Å². The second-order valence-electron chi connectivity index (χ2n) is 6.62. The Hall–Kier alpha value is -1.88. The third-order valence-electron chi connectivity index (χ3n) is 4.87. The molecule has 1 aliphatic rings. The summed E-state index contributed by atoms with van der Waals surface area (Å²) in [6.07, 6.45) is 1.37. The Bertz CT molecular complexity index is 724. The number of carboxylic acid groups (broad SMARTS) is 1. The van der Waals surface area contributed by atoms with E-state index in [-0.39, 0.29) is 5.92 Å². The Balaban J connectivity index is 1.55. The van der Waals surface area contributed by atoms with E-state index in [9.17, 15) is 9.90 Å². The number of aliphatic hydroxyl groups excluding tert-OH is 1. The Morgan fingerprint density at radius 1 is 1.16 bits per heavy atom. The van der Waals surface area contributed by atoms with Crippen molar-refractivity contribution in [2.24, 2.45) is 5.92 Å². The lowest BCUT2D eigenvalue weighted by molar-refractivity contribution is 0.0567. The quantitative estimate of drug-likeness (QED) is 0.847. The van der Waals surface area contributed by atoms with Crippen molar-refractivity contribution in [2.45, 2.75) is 25.5 Å². The maximum atomic E-state index is 11.1. The number of aliphatic hydroxyl groups is 1. The summed E-state index contributed by atoms with van der Waals surface area (Å²) < 4.78 is 0. The van der Waals surface area contributed by atoms with E-state index < -0.39 is 12.1 Å². The molecule has 1 fully saturated rings. The molecule has 0 radical (unpaired) electrons. The van der Waals surface area contributed by atoms with Crippen molar-refractivity contribution in [1.29, 1.82) is 0 Å². The number of carboxylic acids is 1. The van der Waals surface area contributed by atoms with Crippen molar-refractivity contribution in [3.63, 3.8) is 0 Å². The van der Waals surface area contributed by atoms with Gasteiger partial charge in [-0.3, -0.25) is 4.90 Å².